The summed E-state index contributed by atoms with van der Waals surface area (Å²) in [7, 11) is 1.48. The Morgan fingerprint density at radius 2 is 2.00 bits per heavy atom. The van der Waals surface area contributed by atoms with Crippen molar-refractivity contribution in [2.24, 2.45) is 0 Å². The van der Waals surface area contributed by atoms with Gasteiger partial charge in [-0.2, -0.15) is 0 Å². The molecule has 3 nitrogen and oxygen atoms in total. The number of carbonyl (C=O) groups excluding carboxylic acids is 1. The Labute approximate surface area is 80.1 Å². The molecular formula is C9H19O3P. The first-order valence-electron chi connectivity index (χ1n) is 4.12. The van der Waals surface area contributed by atoms with Gasteiger partial charge in [-0.15, -0.1) is 0 Å². The van der Waals surface area contributed by atoms with Crippen molar-refractivity contribution in [1.29, 1.82) is 0 Å². The standard InChI is InChI=1S/C9H19O3P/c1-6-7-13(3,4,5)12-9(10)8-11-2/h6H,1,7-8H2,2-5H3. The fraction of sp³-hybridized carbons (Fsp3) is 0.667. The summed E-state index contributed by atoms with van der Waals surface area (Å²) in [5.74, 6) is -0.297. The first-order chi connectivity index (χ1) is 5.78. The van der Waals surface area contributed by atoms with E-state index in [0.29, 0.717) is 0 Å². The van der Waals surface area contributed by atoms with E-state index in [2.05, 4.69) is 6.58 Å². The number of hydrogen-bond acceptors (Lipinski definition) is 3. The molecule has 0 unspecified atom stereocenters. The molecule has 0 aromatic rings. The van der Waals surface area contributed by atoms with E-state index >= 15 is 0 Å². The first kappa shape index (κ1) is 12.6. The number of carbonyl (C=O) groups is 1. The second-order valence-corrected chi connectivity index (χ2v) is 10.8. The van der Waals surface area contributed by atoms with Gasteiger partial charge in [0.05, 0.1) is 0 Å². The minimum absolute atomic E-state index is 0.0184. The van der Waals surface area contributed by atoms with Crippen molar-refractivity contribution in [3.63, 3.8) is 0 Å². The summed E-state index contributed by atoms with van der Waals surface area (Å²) in [5, 5.41) is 0. The van der Waals surface area contributed by atoms with Gasteiger partial charge in [0.1, 0.15) is 0 Å². The molecule has 0 aliphatic heterocycles. The number of methoxy groups -OCH3 is 1. The molecule has 13 heavy (non-hydrogen) atoms. The fourth-order valence-corrected chi connectivity index (χ4v) is 2.76. The van der Waals surface area contributed by atoms with Crippen LogP contribution >= 0.6 is 6.83 Å². The molecule has 0 N–H and O–H groups in total. The SMILES string of the molecule is C=CCP(C)(C)(C)OC(=O)COC. The molecule has 0 heterocycles. The van der Waals surface area contributed by atoms with Crippen LogP contribution in [0.3, 0.4) is 0 Å². The van der Waals surface area contributed by atoms with Gasteiger partial charge in [0.15, 0.2) is 0 Å². The van der Waals surface area contributed by atoms with E-state index in [1.54, 1.807) is 6.08 Å². The Hall–Kier alpha value is -0.400. The summed E-state index contributed by atoms with van der Waals surface area (Å²) in [6.07, 6.45) is 2.53. The summed E-state index contributed by atoms with van der Waals surface area (Å²) in [6, 6.07) is 0. The third-order valence-electron chi connectivity index (χ3n) is 1.45. The molecule has 0 saturated heterocycles. The van der Waals surface area contributed by atoms with Gasteiger partial charge in [0, 0.05) is 0 Å². The second kappa shape index (κ2) is 4.21. The maximum absolute atomic E-state index is 11.2. The summed E-state index contributed by atoms with van der Waals surface area (Å²) in [6.45, 7) is 7.32. The summed E-state index contributed by atoms with van der Waals surface area (Å²) < 4.78 is 10.1. The van der Waals surface area contributed by atoms with Crippen LogP contribution in [0.25, 0.3) is 0 Å². The van der Waals surface area contributed by atoms with Gasteiger partial charge in [-0.05, 0) is 0 Å². The van der Waals surface area contributed by atoms with Crippen LogP contribution in [0.4, 0.5) is 0 Å². The number of rotatable bonds is 5. The molecule has 4 heteroatoms. The quantitative estimate of drug-likeness (QED) is 0.507. The van der Waals surface area contributed by atoms with Crippen molar-refractivity contribution in [3.05, 3.63) is 12.7 Å². The van der Waals surface area contributed by atoms with E-state index in [-0.39, 0.29) is 12.6 Å². The molecule has 0 atom stereocenters. The van der Waals surface area contributed by atoms with E-state index in [4.69, 9.17) is 9.26 Å². The van der Waals surface area contributed by atoms with Gasteiger partial charge in [0.2, 0.25) is 0 Å². The maximum atomic E-state index is 11.2. The summed E-state index contributed by atoms with van der Waals surface area (Å²) in [5.41, 5.74) is 0. The molecule has 0 aliphatic carbocycles. The third kappa shape index (κ3) is 5.78. The van der Waals surface area contributed by atoms with Gasteiger partial charge in [0.25, 0.3) is 0 Å². The Bertz CT molecular complexity index is 203. The normalized spacial score (nSPS) is 14.3. The van der Waals surface area contributed by atoms with Crippen molar-refractivity contribution in [2.75, 3.05) is 39.9 Å². The minimum atomic E-state index is -2.31. The topological polar surface area (TPSA) is 35.5 Å². The molecule has 0 aromatic heterocycles. The zero-order valence-corrected chi connectivity index (χ0v) is 9.77. The molecule has 0 radical (unpaired) electrons. The Morgan fingerprint density at radius 1 is 1.46 bits per heavy atom. The molecule has 0 fully saturated rings. The molecular weight excluding hydrogens is 187 g/mol. The van der Waals surface area contributed by atoms with E-state index < -0.39 is 6.83 Å². The van der Waals surface area contributed by atoms with E-state index in [9.17, 15) is 4.79 Å². The summed E-state index contributed by atoms with van der Waals surface area (Å²) in [4.78, 5) is 11.2. The van der Waals surface area contributed by atoms with Crippen LogP contribution in [0, 0.1) is 0 Å². The van der Waals surface area contributed by atoms with Crippen molar-refractivity contribution < 1.29 is 14.1 Å². The third-order valence-corrected chi connectivity index (χ3v) is 3.84. The van der Waals surface area contributed by atoms with Gasteiger partial charge in [-0.3, -0.25) is 0 Å². The molecule has 0 saturated carbocycles. The van der Waals surface area contributed by atoms with Crippen LogP contribution in [0.5, 0.6) is 0 Å². The Morgan fingerprint density at radius 3 is 2.38 bits per heavy atom. The second-order valence-electron chi connectivity index (χ2n) is 4.33. The van der Waals surface area contributed by atoms with Crippen LogP contribution in [-0.4, -0.2) is 45.8 Å². The van der Waals surface area contributed by atoms with Crippen molar-refractivity contribution in [1.82, 2.24) is 0 Å². The van der Waals surface area contributed by atoms with Gasteiger partial charge >= 0.3 is 79.4 Å². The molecule has 0 amide bonds. The summed E-state index contributed by atoms with van der Waals surface area (Å²) >= 11 is 0. The van der Waals surface area contributed by atoms with E-state index in [1.165, 1.54) is 7.11 Å². The van der Waals surface area contributed by atoms with E-state index in [1.807, 2.05) is 20.0 Å². The first-order valence-corrected chi connectivity index (χ1v) is 7.80. The molecule has 0 aliphatic rings. The van der Waals surface area contributed by atoms with Crippen LogP contribution < -0.4 is 0 Å². The predicted octanol–water partition coefficient (Wildman–Crippen LogP) is 1.72. The average Bonchev–Trinajstić information content (AvgIpc) is 1.83. The van der Waals surface area contributed by atoms with Crippen LogP contribution in [0.15, 0.2) is 12.7 Å². The van der Waals surface area contributed by atoms with Gasteiger partial charge in [-0.25, -0.2) is 0 Å². The van der Waals surface area contributed by atoms with Gasteiger partial charge in [-0.1, -0.05) is 0 Å². The van der Waals surface area contributed by atoms with Gasteiger partial charge < -0.3 is 0 Å². The van der Waals surface area contributed by atoms with E-state index in [0.717, 1.165) is 6.16 Å². The zero-order chi connectivity index (χ0) is 10.6. The molecule has 0 aromatic carbocycles. The van der Waals surface area contributed by atoms with Crippen molar-refractivity contribution in [3.8, 4) is 0 Å². The number of allylic oxidation sites excluding steroid dienone is 1. The van der Waals surface area contributed by atoms with Crippen LogP contribution in [0.1, 0.15) is 0 Å². The van der Waals surface area contributed by atoms with Crippen LogP contribution in [-0.2, 0) is 14.1 Å². The fourth-order valence-electron chi connectivity index (χ4n) is 0.999. The Balaban J connectivity index is 4.29. The monoisotopic (exact) mass is 206 g/mol. The molecule has 78 valence electrons. The average molecular weight is 206 g/mol. The van der Waals surface area contributed by atoms with Crippen molar-refractivity contribution >= 4 is 12.8 Å². The van der Waals surface area contributed by atoms with Crippen LogP contribution in [0.2, 0.25) is 0 Å². The molecule has 0 rings (SSSR count). The molecule has 0 bridgehead atoms. The zero-order valence-electron chi connectivity index (χ0n) is 8.87. The Kier molecular flexibility index (Phi) is 4.08. The molecule has 0 spiro atoms. The number of ether oxygens (including phenoxy) is 1. The predicted molar refractivity (Wildman–Crippen MR) is 57.7 cm³/mol. The van der Waals surface area contributed by atoms with Crippen molar-refractivity contribution in [2.45, 2.75) is 0 Å². The number of hydrogen-bond donors (Lipinski definition) is 0.